The number of aromatic nitrogens is 1. The summed E-state index contributed by atoms with van der Waals surface area (Å²) < 4.78 is 10.6. The number of benzene rings is 1. The maximum atomic E-state index is 6.14. The molecule has 5 heteroatoms. The van der Waals surface area contributed by atoms with Gasteiger partial charge in [-0.2, -0.15) is 0 Å². The third kappa shape index (κ3) is 2.27. The minimum absolute atomic E-state index is 0.0869. The molecule has 1 aromatic heterocycles. The Balaban J connectivity index is 2.01. The van der Waals surface area contributed by atoms with E-state index in [1.807, 2.05) is 18.2 Å². The summed E-state index contributed by atoms with van der Waals surface area (Å²) >= 11 is 1.74. The summed E-state index contributed by atoms with van der Waals surface area (Å²) in [7, 11) is 3.28. The van der Waals surface area contributed by atoms with Crippen LogP contribution in [0.15, 0.2) is 18.2 Å². The Morgan fingerprint density at radius 1 is 1.25 bits per heavy atom. The molecule has 0 saturated carbocycles. The first-order valence-corrected chi connectivity index (χ1v) is 7.52. The van der Waals surface area contributed by atoms with Crippen LogP contribution in [0.1, 0.15) is 29.5 Å². The van der Waals surface area contributed by atoms with Crippen LogP contribution in [0.3, 0.4) is 0 Å². The largest absolute Gasteiger partial charge is 0.493 e. The van der Waals surface area contributed by atoms with Crippen molar-refractivity contribution in [1.29, 1.82) is 0 Å². The average molecular weight is 290 g/mol. The maximum absolute atomic E-state index is 6.14. The molecule has 1 atom stereocenters. The van der Waals surface area contributed by atoms with Crippen LogP contribution in [0.5, 0.6) is 11.5 Å². The van der Waals surface area contributed by atoms with E-state index in [0.717, 1.165) is 47.0 Å². The van der Waals surface area contributed by atoms with E-state index in [-0.39, 0.29) is 6.04 Å². The lowest BCUT2D eigenvalue weighted by Crippen LogP contribution is -2.16. The molecule has 0 saturated heterocycles. The molecule has 1 aliphatic rings. The smallest absolute Gasteiger partial charge is 0.161 e. The molecule has 3 rings (SSSR count). The molecule has 0 amide bonds. The van der Waals surface area contributed by atoms with E-state index in [9.17, 15) is 0 Å². The number of ether oxygens (including phenoxy) is 2. The fourth-order valence-electron chi connectivity index (χ4n) is 2.54. The van der Waals surface area contributed by atoms with Gasteiger partial charge in [-0.25, -0.2) is 4.98 Å². The summed E-state index contributed by atoms with van der Waals surface area (Å²) in [6, 6.07) is 5.98. The third-order valence-electron chi connectivity index (χ3n) is 3.63. The minimum atomic E-state index is 0.0869. The minimum Gasteiger partial charge on any atom is -0.493 e. The fourth-order valence-corrected chi connectivity index (χ4v) is 3.71. The molecule has 0 aliphatic heterocycles. The van der Waals surface area contributed by atoms with Crippen molar-refractivity contribution in [1.82, 2.24) is 4.98 Å². The molecule has 0 bridgehead atoms. The van der Waals surface area contributed by atoms with Crippen LogP contribution in [0.4, 0.5) is 0 Å². The molecule has 106 valence electrons. The van der Waals surface area contributed by atoms with E-state index in [4.69, 9.17) is 20.2 Å². The predicted octanol–water partition coefficient (Wildman–Crippen LogP) is 3.16. The second kappa shape index (κ2) is 5.42. The Labute approximate surface area is 122 Å². The van der Waals surface area contributed by atoms with Crippen LogP contribution >= 0.6 is 11.3 Å². The zero-order valence-electron chi connectivity index (χ0n) is 11.7. The molecule has 2 aromatic rings. The molecular weight excluding hydrogens is 272 g/mol. The van der Waals surface area contributed by atoms with E-state index in [0.29, 0.717) is 0 Å². The standard InChI is InChI=1S/C15H18N2O2S/c1-18-11-7-6-9(8-12(11)19-2)15-17-14-10(16)4-3-5-13(14)20-15/h6-8,10H,3-5,16H2,1-2H3. The van der Waals surface area contributed by atoms with Gasteiger partial charge >= 0.3 is 0 Å². The highest BCUT2D eigenvalue weighted by Gasteiger charge is 2.22. The summed E-state index contributed by atoms with van der Waals surface area (Å²) in [6.07, 6.45) is 3.28. The van der Waals surface area contributed by atoms with Crippen molar-refractivity contribution in [3.05, 3.63) is 28.8 Å². The molecule has 0 fully saturated rings. The van der Waals surface area contributed by atoms with E-state index in [1.165, 1.54) is 4.88 Å². The summed E-state index contributed by atoms with van der Waals surface area (Å²) in [4.78, 5) is 6.06. The van der Waals surface area contributed by atoms with Gasteiger partial charge in [-0.15, -0.1) is 11.3 Å². The van der Waals surface area contributed by atoms with E-state index < -0.39 is 0 Å². The van der Waals surface area contributed by atoms with Crippen LogP contribution in [-0.2, 0) is 6.42 Å². The van der Waals surface area contributed by atoms with Crippen molar-refractivity contribution >= 4 is 11.3 Å². The molecule has 20 heavy (non-hydrogen) atoms. The zero-order chi connectivity index (χ0) is 14.1. The normalized spacial score (nSPS) is 17.6. The van der Waals surface area contributed by atoms with Gasteiger partial charge in [0, 0.05) is 16.5 Å². The van der Waals surface area contributed by atoms with Crippen molar-refractivity contribution in [2.24, 2.45) is 5.73 Å². The van der Waals surface area contributed by atoms with Crippen LogP contribution in [0.2, 0.25) is 0 Å². The highest BCUT2D eigenvalue weighted by Crippen LogP contribution is 2.38. The number of hydrogen-bond donors (Lipinski definition) is 1. The Kier molecular flexibility index (Phi) is 3.63. The number of rotatable bonds is 3. The van der Waals surface area contributed by atoms with E-state index in [2.05, 4.69) is 0 Å². The molecule has 1 aliphatic carbocycles. The third-order valence-corrected chi connectivity index (χ3v) is 4.81. The maximum Gasteiger partial charge on any atom is 0.161 e. The number of aryl methyl sites for hydroxylation is 1. The van der Waals surface area contributed by atoms with Crippen molar-refractivity contribution in [3.8, 4) is 22.1 Å². The van der Waals surface area contributed by atoms with Gasteiger partial charge < -0.3 is 15.2 Å². The van der Waals surface area contributed by atoms with Crippen LogP contribution in [0.25, 0.3) is 10.6 Å². The molecule has 1 unspecified atom stereocenters. The molecular formula is C15H18N2O2S. The summed E-state index contributed by atoms with van der Waals surface area (Å²) in [6.45, 7) is 0. The van der Waals surface area contributed by atoms with Gasteiger partial charge in [0.25, 0.3) is 0 Å². The fraction of sp³-hybridized carbons (Fsp3) is 0.400. The SMILES string of the molecule is COc1ccc(-c2nc3c(s2)CCCC3N)cc1OC. The number of hydrogen-bond acceptors (Lipinski definition) is 5. The lowest BCUT2D eigenvalue weighted by Gasteiger charge is -2.15. The summed E-state index contributed by atoms with van der Waals surface area (Å²) in [5.74, 6) is 1.46. The predicted molar refractivity (Wildman–Crippen MR) is 80.5 cm³/mol. The van der Waals surface area contributed by atoms with Crippen LogP contribution < -0.4 is 15.2 Å². The number of thiazole rings is 1. The van der Waals surface area contributed by atoms with E-state index >= 15 is 0 Å². The first-order valence-electron chi connectivity index (χ1n) is 6.70. The van der Waals surface area contributed by atoms with Gasteiger partial charge in [-0.05, 0) is 37.5 Å². The first-order chi connectivity index (χ1) is 9.72. The van der Waals surface area contributed by atoms with Gasteiger partial charge in [-0.3, -0.25) is 0 Å². The van der Waals surface area contributed by atoms with Gasteiger partial charge in [0.05, 0.1) is 19.9 Å². The van der Waals surface area contributed by atoms with Crippen LogP contribution in [0, 0.1) is 0 Å². The summed E-state index contributed by atoms with van der Waals surface area (Å²) in [5.41, 5.74) is 8.26. The van der Waals surface area contributed by atoms with Crippen LogP contribution in [-0.4, -0.2) is 19.2 Å². The van der Waals surface area contributed by atoms with Crippen molar-refractivity contribution in [2.75, 3.05) is 14.2 Å². The monoisotopic (exact) mass is 290 g/mol. The van der Waals surface area contributed by atoms with Gasteiger partial charge in [0.1, 0.15) is 5.01 Å². The molecule has 4 nitrogen and oxygen atoms in total. The highest BCUT2D eigenvalue weighted by atomic mass is 32.1. The lowest BCUT2D eigenvalue weighted by atomic mass is 9.99. The Hall–Kier alpha value is -1.59. The molecule has 1 aromatic carbocycles. The summed E-state index contributed by atoms with van der Waals surface area (Å²) in [5, 5.41) is 1.01. The van der Waals surface area contributed by atoms with Gasteiger partial charge in [-0.1, -0.05) is 0 Å². The number of fused-ring (bicyclic) bond motifs is 1. The first kappa shape index (κ1) is 13.4. The molecule has 0 radical (unpaired) electrons. The van der Waals surface area contributed by atoms with Gasteiger partial charge in [0.15, 0.2) is 11.5 Å². The number of nitrogens with two attached hydrogens (primary N) is 1. The van der Waals surface area contributed by atoms with Crippen molar-refractivity contribution in [2.45, 2.75) is 25.3 Å². The average Bonchev–Trinajstić information content (AvgIpc) is 2.92. The lowest BCUT2D eigenvalue weighted by molar-refractivity contribution is 0.355. The van der Waals surface area contributed by atoms with Gasteiger partial charge in [0.2, 0.25) is 0 Å². The highest BCUT2D eigenvalue weighted by molar-refractivity contribution is 7.15. The topological polar surface area (TPSA) is 57.4 Å². The number of methoxy groups -OCH3 is 2. The molecule has 2 N–H and O–H groups in total. The van der Waals surface area contributed by atoms with E-state index in [1.54, 1.807) is 25.6 Å². The zero-order valence-corrected chi connectivity index (χ0v) is 12.5. The second-order valence-electron chi connectivity index (χ2n) is 4.90. The Morgan fingerprint density at radius 3 is 2.75 bits per heavy atom. The van der Waals surface area contributed by atoms with Crippen molar-refractivity contribution < 1.29 is 9.47 Å². The second-order valence-corrected chi connectivity index (χ2v) is 5.98. The van der Waals surface area contributed by atoms with Crippen molar-refractivity contribution in [3.63, 3.8) is 0 Å². The number of nitrogens with zero attached hydrogens (tertiary/aromatic N) is 1. The Bertz CT molecular complexity index is 624. The molecule has 0 spiro atoms. The Morgan fingerprint density at radius 2 is 2.05 bits per heavy atom. The quantitative estimate of drug-likeness (QED) is 0.943. The molecule has 1 heterocycles.